The fourth-order valence-electron chi connectivity index (χ4n) is 5.53. The zero-order valence-electron chi connectivity index (χ0n) is 17.9. The second kappa shape index (κ2) is 8.54. The van der Waals surface area contributed by atoms with Crippen molar-refractivity contribution in [2.75, 3.05) is 19.7 Å². The molecule has 2 aromatic carbocycles. The number of carbonyl (C=O) groups is 2. The highest BCUT2D eigenvalue weighted by molar-refractivity contribution is 5.87. The Balaban J connectivity index is 1.32. The summed E-state index contributed by atoms with van der Waals surface area (Å²) >= 11 is 0. The van der Waals surface area contributed by atoms with Crippen LogP contribution >= 0.6 is 0 Å². The van der Waals surface area contributed by atoms with E-state index in [2.05, 4.69) is 5.32 Å². The van der Waals surface area contributed by atoms with E-state index >= 15 is 0 Å². The van der Waals surface area contributed by atoms with E-state index in [0.717, 1.165) is 42.4 Å². The number of rotatable bonds is 4. The van der Waals surface area contributed by atoms with Gasteiger partial charge in [0.1, 0.15) is 12.4 Å². The monoisotopic (exact) mass is 437 g/mol. The lowest BCUT2D eigenvalue weighted by atomic mass is 9.73. The van der Waals surface area contributed by atoms with Crippen molar-refractivity contribution in [3.8, 4) is 11.1 Å². The topological polar surface area (TPSA) is 72.9 Å². The molecule has 3 aliphatic rings. The molecule has 2 aliphatic heterocycles. The summed E-state index contributed by atoms with van der Waals surface area (Å²) in [4.78, 5) is 28.9. The molecule has 2 heterocycles. The zero-order chi connectivity index (χ0) is 22.2. The van der Waals surface area contributed by atoms with Gasteiger partial charge in [0.15, 0.2) is 0 Å². The maximum atomic E-state index is 13.2. The number of carbonyl (C=O) groups excluding carboxylic acids is 2. The molecule has 32 heavy (non-hydrogen) atoms. The molecular weight excluding hydrogens is 409 g/mol. The summed E-state index contributed by atoms with van der Waals surface area (Å²) in [5.41, 5.74) is 2.93. The third-order valence-electron chi connectivity index (χ3n) is 7.20. The van der Waals surface area contributed by atoms with Crippen molar-refractivity contribution in [2.45, 2.75) is 49.7 Å². The van der Waals surface area contributed by atoms with Crippen LogP contribution in [0.3, 0.4) is 0 Å². The van der Waals surface area contributed by atoms with Gasteiger partial charge in [0.25, 0.3) is 0 Å². The van der Waals surface area contributed by atoms with Crippen molar-refractivity contribution in [1.29, 1.82) is 0 Å². The molecule has 0 unspecified atom stereocenters. The summed E-state index contributed by atoms with van der Waals surface area (Å²) in [6.07, 6.45) is 4.26. The molecule has 2 N–H and O–H groups in total. The van der Waals surface area contributed by atoms with E-state index in [4.69, 9.17) is 0 Å². The molecule has 5 rings (SSSR count). The SMILES string of the molecule is O=C(NC1CCCC1)N1CC(=O)N2[C@H](C1)[C@@H](c1ccc(-c3ccc(F)cc3)cc1)[C@@H]2CO. The number of benzene rings is 2. The number of aliphatic hydroxyl groups is 1. The second-order valence-corrected chi connectivity index (χ2v) is 9.08. The number of piperazine rings is 1. The number of nitrogens with one attached hydrogen (secondary N) is 1. The number of hydrogen-bond donors (Lipinski definition) is 2. The minimum Gasteiger partial charge on any atom is -0.394 e. The summed E-state index contributed by atoms with van der Waals surface area (Å²) in [5, 5.41) is 13.1. The summed E-state index contributed by atoms with van der Waals surface area (Å²) in [5.74, 6) is -0.413. The molecule has 7 heteroatoms. The number of fused-ring (bicyclic) bond motifs is 1. The standard InChI is InChI=1S/C25H28FN3O3/c26-19-11-9-17(10-12-19)16-5-7-18(8-6-16)24-21-13-28(14-23(31)29(21)22(24)15-30)25(32)27-20-3-1-2-4-20/h5-12,20-22,24,30H,1-4,13-15H2,(H,27,32)/t21-,22+,24-/m1/s1. The molecule has 2 aromatic rings. The summed E-state index contributed by atoms with van der Waals surface area (Å²) in [6, 6.07) is 14.0. The van der Waals surface area contributed by atoms with Gasteiger partial charge in [0.2, 0.25) is 5.91 Å². The number of nitrogens with zero attached hydrogens (tertiary/aromatic N) is 2. The smallest absolute Gasteiger partial charge is 0.318 e. The van der Waals surface area contributed by atoms with Gasteiger partial charge in [-0.1, -0.05) is 49.2 Å². The van der Waals surface area contributed by atoms with Gasteiger partial charge in [0, 0.05) is 18.5 Å². The van der Waals surface area contributed by atoms with Gasteiger partial charge in [-0.25, -0.2) is 9.18 Å². The highest BCUT2D eigenvalue weighted by Gasteiger charge is 2.54. The Bertz CT molecular complexity index is 988. The molecule has 0 aromatic heterocycles. The predicted molar refractivity (Wildman–Crippen MR) is 118 cm³/mol. The van der Waals surface area contributed by atoms with Crippen molar-refractivity contribution in [3.63, 3.8) is 0 Å². The molecule has 0 bridgehead atoms. The first-order valence-corrected chi connectivity index (χ1v) is 11.4. The Morgan fingerprint density at radius 1 is 1.03 bits per heavy atom. The first kappa shape index (κ1) is 20.9. The molecule has 3 amide bonds. The van der Waals surface area contributed by atoms with Gasteiger partial charge in [-0.05, 0) is 41.7 Å². The van der Waals surface area contributed by atoms with E-state index in [9.17, 15) is 19.1 Å². The highest BCUT2D eigenvalue weighted by atomic mass is 19.1. The van der Waals surface area contributed by atoms with Gasteiger partial charge >= 0.3 is 6.03 Å². The van der Waals surface area contributed by atoms with Crippen molar-refractivity contribution < 1.29 is 19.1 Å². The Hall–Kier alpha value is -2.93. The van der Waals surface area contributed by atoms with Gasteiger partial charge in [-0.3, -0.25) is 4.79 Å². The van der Waals surface area contributed by atoms with E-state index in [-0.39, 0.29) is 55.0 Å². The van der Waals surface area contributed by atoms with Crippen LogP contribution in [0.25, 0.3) is 11.1 Å². The summed E-state index contributed by atoms with van der Waals surface area (Å²) < 4.78 is 13.2. The van der Waals surface area contributed by atoms with Crippen LogP contribution in [-0.4, -0.2) is 64.7 Å². The number of hydrogen-bond acceptors (Lipinski definition) is 3. The lowest BCUT2D eigenvalue weighted by Gasteiger charge is -2.58. The Morgan fingerprint density at radius 2 is 1.66 bits per heavy atom. The van der Waals surface area contributed by atoms with Gasteiger partial charge in [-0.2, -0.15) is 0 Å². The van der Waals surface area contributed by atoms with Crippen LogP contribution in [-0.2, 0) is 4.79 Å². The first-order valence-electron chi connectivity index (χ1n) is 11.4. The summed E-state index contributed by atoms with van der Waals surface area (Å²) in [7, 11) is 0. The Kier molecular flexibility index (Phi) is 5.59. The van der Waals surface area contributed by atoms with E-state index in [0.29, 0.717) is 6.54 Å². The molecule has 3 fully saturated rings. The van der Waals surface area contributed by atoms with Crippen LogP contribution in [0.1, 0.15) is 37.2 Å². The Labute approximate surface area is 187 Å². The molecular formula is C25H28FN3O3. The average molecular weight is 438 g/mol. The van der Waals surface area contributed by atoms with E-state index < -0.39 is 0 Å². The van der Waals surface area contributed by atoms with Crippen molar-refractivity contribution in [2.24, 2.45) is 0 Å². The van der Waals surface area contributed by atoms with Crippen LogP contribution in [0.2, 0.25) is 0 Å². The van der Waals surface area contributed by atoms with Crippen LogP contribution in [0.4, 0.5) is 9.18 Å². The van der Waals surface area contributed by atoms with Crippen LogP contribution in [0, 0.1) is 5.82 Å². The van der Waals surface area contributed by atoms with E-state index in [1.165, 1.54) is 12.1 Å². The largest absolute Gasteiger partial charge is 0.394 e. The lowest BCUT2D eigenvalue weighted by Crippen LogP contribution is -2.74. The van der Waals surface area contributed by atoms with E-state index in [1.807, 2.05) is 24.3 Å². The van der Waals surface area contributed by atoms with Crippen molar-refractivity contribution in [3.05, 3.63) is 59.9 Å². The third kappa shape index (κ3) is 3.75. The molecule has 1 aliphatic carbocycles. The van der Waals surface area contributed by atoms with Crippen LogP contribution in [0.5, 0.6) is 0 Å². The molecule has 3 atom stereocenters. The second-order valence-electron chi connectivity index (χ2n) is 9.08. The molecule has 0 spiro atoms. The highest BCUT2D eigenvalue weighted by Crippen LogP contribution is 2.43. The maximum Gasteiger partial charge on any atom is 0.318 e. The lowest BCUT2D eigenvalue weighted by molar-refractivity contribution is -0.159. The fourth-order valence-corrected chi connectivity index (χ4v) is 5.53. The normalized spacial score (nSPS) is 25.4. The molecule has 2 saturated heterocycles. The fraction of sp³-hybridized carbons (Fsp3) is 0.440. The first-order chi connectivity index (χ1) is 15.5. The van der Waals surface area contributed by atoms with Crippen LogP contribution in [0.15, 0.2) is 48.5 Å². The molecule has 6 nitrogen and oxygen atoms in total. The predicted octanol–water partition coefficient (Wildman–Crippen LogP) is 3.12. The molecule has 0 radical (unpaired) electrons. The zero-order valence-corrected chi connectivity index (χ0v) is 17.9. The Morgan fingerprint density at radius 3 is 2.28 bits per heavy atom. The summed E-state index contributed by atoms with van der Waals surface area (Å²) in [6.45, 7) is 0.411. The maximum absolute atomic E-state index is 13.2. The third-order valence-corrected chi connectivity index (χ3v) is 7.20. The van der Waals surface area contributed by atoms with Gasteiger partial charge < -0.3 is 20.2 Å². The van der Waals surface area contributed by atoms with Crippen molar-refractivity contribution >= 4 is 11.9 Å². The quantitative estimate of drug-likeness (QED) is 0.772. The number of aliphatic hydroxyl groups excluding tert-OH is 1. The van der Waals surface area contributed by atoms with Gasteiger partial charge in [-0.15, -0.1) is 0 Å². The van der Waals surface area contributed by atoms with Crippen molar-refractivity contribution in [1.82, 2.24) is 15.1 Å². The number of amides is 3. The van der Waals surface area contributed by atoms with E-state index in [1.54, 1.807) is 21.9 Å². The number of urea groups is 1. The van der Waals surface area contributed by atoms with Crippen LogP contribution < -0.4 is 5.32 Å². The molecule has 1 saturated carbocycles. The number of halogens is 1. The van der Waals surface area contributed by atoms with Gasteiger partial charge in [0.05, 0.1) is 18.7 Å². The average Bonchev–Trinajstić information content (AvgIpc) is 3.29. The minimum atomic E-state index is -0.274. The molecule has 168 valence electrons. The minimum absolute atomic E-state index is 0.0340.